The van der Waals surface area contributed by atoms with Gasteiger partial charge in [-0.2, -0.15) is 4.31 Å². The second-order valence-electron chi connectivity index (χ2n) is 7.53. The van der Waals surface area contributed by atoms with Gasteiger partial charge in [-0.3, -0.25) is 4.79 Å². The molecule has 162 valence electrons. The Hall–Kier alpha value is -1.12. The highest BCUT2D eigenvalue weighted by Gasteiger charge is 2.30. The number of rotatable bonds is 6. The number of likely N-dealkylation sites (tertiary alicyclic amines) is 1. The zero-order chi connectivity index (χ0) is 21.9. The van der Waals surface area contributed by atoms with Crippen LogP contribution in [0, 0.1) is 5.92 Å². The molecular weight excluding hydrogens is 511 g/mol. The van der Waals surface area contributed by atoms with E-state index >= 15 is 0 Å². The Morgan fingerprint density at radius 3 is 2.37 bits per heavy atom. The molecule has 2 aromatic carbocycles. The molecule has 9 heteroatoms. The molecule has 1 amide bonds. The Bertz CT molecular complexity index is 1010. The second kappa shape index (κ2) is 10.0. The molecule has 5 nitrogen and oxygen atoms in total. The minimum absolute atomic E-state index is 0.0234. The number of benzene rings is 2. The maximum atomic E-state index is 13.4. The van der Waals surface area contributed by atoms with Crippen LogP contribution < -0.4 is 0 Å². The topological polar surface area (TPSA) is 57.7 Å². The number of halogens is 3. The standard InChI is InChI=1S/C21H23BrCl2N2O3S/c1-15-8-10-25(11-9-15)21(27)14-26(13-16-2-5-18(23)12-20(16)24)30(28,29)19-6-3-17(22)4-7-19/h2-7,12,15H,8-11,13-14H2,1H3. The highest BCUT2D eigenvalue weighted by Crippen LogP contribution is 2.26. The molecule has 1 heterocycles. The Kier molecular flexibility index (Phi) is 7.85. The van der Waals surface area contributed by atoms with Crippen LogP contribution >= 0.6 is 39.1 Å². The average molecular weight is 534 g/mol. The number of carbonyl (C=O) groups is 1. The van der Waals surface area contributed by atoms with E-state index in [-0.39, 0.29) is 23.9 Å². The minimum Gasteiger partial charge on any atom is -0.342 e. The van der Waals surface area contributed by atoms with Crippen molar-refractivity contribution in [3.05, 3.63) is 62.5 Å². The molecule has 0 N–H and O–H groups in total. The van der Waals surface area contributed by atoms with Crippen molar-refractivity contribution < 1.29 is 13.2 Å². The van der Waals surface area contributed by atoms with Crippen LogP contribution in [0.3, 0.4) is 0 Å². The van der Waals surface area contributed by atoms with Crippen LogP contribution in [0.1, 0.15) is 25.3 Å². The van der Waals surface area contributed by atoms with Gasteiger partial charge in [0.1, 0.15) is 0 Å². The fourth-order valence-electron chi connectivity index (χ4n) is 3.33. The van der Waals surface area contributed by atoms with Gasteiger partial charge in [-0.15, -0.1) is 0 Å². The van der Waals surface area contributed by atoms with Gasteiger partial charge in [0.05, 0.1) is 11.4 Å². The van der Waals surface area contributed by atoms with E-state index in [2.05, 4.69) is 22.9 Å². The quantitative estimate of drug-likeness (QED) is 0.512. The first-order chi connectivity index (χ1) is 14.2. The van der Waals surface area contributed by atoms with E-state index in [0.29, 0.717) is 34.6 Å². The van der Waals surface area contributed by atoms with Crippen molar-refractivity contribution >= 4 is 55.1 Å². The summed E-state index contributed by atoms with van der Waals surface area (Å²) in [5.74, 6) is 0.372. The van der Waals surface area contributed by atoms with Crippen LogP contribution in [-0.4, -0.2) is 43.2 Å². The Labute approximate surface area is 196 Å². The molecule has 0 unspecified atom stereocenters. The van der Waals surface area contributed by atoms with Gasteiger partial charge < -0.3 is 4.90 Å². The van der Waals surface area contributed by atoms with Crippen LogP contribution in [0.5, 0.6) is 0 Å². The number of amides is 1. The largest absolute Gasteiger partial charge is 0.342 e. The first kappa shape index (κ1) is 23.5. The predicted molar refractivity (Wildman–Crippen MR) is 123 cm³/mol. The van der Waals surface area contributed by atoms with Crippen LogP contribution in [-0.2, 0) is 21.4 Å². The highest BCUT2D eigenvalue weighted by atomic mass is 79.9. The van der Waals surface area contributed by atoms with Crippen molar-refractivity contribution in [1.29, 1.82) is 0 Å². The Morgan fingerprint density at radius 1 is 1.13 bits per heavy atom. The van der Waals surface area contributed by atoms with Gasteiger partial charge in [-0.25, -0.2) is 8.42 Å². The van der Waals surface area contributed by atoms with Crippen molar-refractivity contribution in [2.75, 3.05) is 19.6 Å². The fraction of sp³-hybridized carbons (Fsp3) is 0.381. The first-order valence-electron chi connectivity index (χ1n) is 9.64. The van der Waals surface area contributed by atoms with Gasteiger partial charge in [0.2, 0.25) is 15.9 Å². The molecule has 0 spiro atoms. The monoisotopic (exact) mass is 532 g/mol. The second-order valence-corrected chi connectivity index (χ2v) is 11.2. The summed E-state index contributed by atoms with van der Waals surface area (Å²) in [6.45, 7) is 3.19. The summed E-state index contributed by atoms with van der Waals surface area (Å²) >= 11 is 15.6. The van der Waals surface area contributed by atoms with E-state index in [1.807, 2.05) is 0 Å². The molecular formula is C21H23BrCl2N2O3S. The maximum absolute atomic E-state index is 13.4. The summed E-state index contributed by atoms with van der Waals surface area (Å²) < 4.78 is 28.7. The third kappa shape index (κ3) is 5.77. The van der Waals surface area contributed by atoms with Crippen molar-refractivity contribution in [2.45, 2.75) is 31.2 Å². The minimum atomic E-state index is -3.91. The summed E-state index contributed by atoms with van der Waals surface area (Å²) in [7, 11) is -3.91. The van der Waals surface area contributed by atoms with Gasteiger partial charge in [-0.1, -0.05) is 52.1 Å². The number of nitrogens with zero attached hydrogens (tertiary/aromatic N) is 2. The zero-order valence-electron chi connectivity index (χ0n) is 16.5. The molecule has 1 aliphatic rings. The van der Waals surface area contributed by atoms with Crippen molar-refractivity contribution in [3.8, 4) is 0 Å². The van der Waals surface area contributed by atoms with E-state index in [0.717, 1.165) is 17.3 Å². The smallest absolute Gasteiger partial charge is 0.243 e. The van der Waals surface area contributed by atoms with E-state index in [4.69, 9.17) is 23.2 Å². The van der Waals surface area contributed by atoms with E-state index in [9.17, 15) is 13.2 Å². The normalized spacial score (nSPS) is 15.6. The molecule has 3 rings (SSSR count). The first-order valence-corrected chi connectivity index (χ1v) is 12.6. The molecule has 0 aromatic heterocycles. The maximum Gasteiger partial charge on any atom is 0.243 e. The lowest BCUT2D eigenvalue weighted by Gasteiger charge is -2.32. The Morgan fingerprint density at radius 2 is 1.77 bits per heavy atom. The summed E-state index contributed by atoms with van der Waals surface area (Å²) in [6.07, 6.45) is 1.85. The van der Waals surface area contributed by atoms with Gasteiger partial charge in [-0.05, 0) is 60.7 Å². The SMILES string of the molecule is CC1CCN(C(=O)CN(Cc2ccc(Cl)cc2Cl)S(=O)(=O)c2ccc(Br)cc2)CC1. The van der Waals surface area contributed by atoms with Gasteiger partial charge in [0.15, 0.2) is 0 Å². The number of hydrogen-bond acceptors (Lipinski definition) is 3. The van der Waals surface area contributed by atoms with Crippen molar-refractivity contribution in [2.24, 2.45) is 5.92 Å². The lowest BCUT2D eigenvalue weighted by atomic mass is 9.99. The van der Waals surface area contributed by atoms with Crippen LogP contribution in [0.4, 0.5) is 0 Å². The third-order valence-corrected chi connectivity index (χ3v) is 8.18. The van der Waals surface area contributed by atoms with Crippen LogP contribution in [0.15, 0.2) is 51.8 Å². The van der Waals surface area contributed by atoms with Crippen molar-refractivity contribution in [1.82, 2.24) is 9.21 Å². The van der Waals surface area contributed by atoms with Gasteiger partial charge >= 0.3 is 0 Å². The molecule has 0 radical (unpaired) electrons. The van der Waals surface area contributed by atoms with E-state index < -0.39 is 10.0 Å². The molecule has 30 heavy (non-hydrogen) atoms. The summed E-state index contributed by atoms with van der Waals surface area (Å²) in [5.41, 5.74) is 0.585. The Balaban J connectivity index is 1.89. The molecule has 1 saturated heterocycles. The lowest BCUT2D eigenvalue weighted by Crippen LogP contribution is -2.45. The van der Waals surface area contributed by atoms with E-state index in [1.54, 1.807) is 35.2 Å². The molecule has 0 saturated carbocycles. The van der Waals surface area contributed by atoms with Crippen LogP contribution in [0.25, 0.3) is 0 Å². The predicted octanol–water partition coefficient (Wildman–Crippen LogP) is 5.21. The highest BCUT2D eigenvalue weighted by molar-refractivity contribution is 9.10. The number of sulfonamides is 1. The summed E-state index contributed by atoms with van der Waals surface area (Å²) in [4.78, 5) is 14.8. The third-order valence-electron chi connectivity index (χ3n) is 5.26. The molecule has 0 aliphatic carbocycles. The fourth-order valence-corrected chi connectivity index (χ4v) is 5.43. The number of piperidine rings is 1. The van der Waals surface area contributed by atoms with Gasteiger partial charge in [0, 0.05) is 34.2 Å². The molecule has 0 bridgehead atoms. The summed E-state index contributed by atoms with van der Waals surface area (Å²) in [5, 5.41) is 0.822. The molecule has 0 atom stereocenters. The zero-order valence-corrected chi connectivity index (χ0v) is 20.4. The summed E-state index contributed by atoms with van der Waals surface area (Å²) in [6, 6.07) is 11.3. The molecule has 1 fully saturated rings. The average Bonchev–Trinajstić information content (AvgIpc) is 2.70. The molecule has 1 aliphatic heterocycles. The van der Waals surface area contributed by atoms with Crippen molar-refractivity contribution in [3.63, 3.8) is 0 Å². The van der Waals surface area contributed by atoms with E-state index in [1.165, 1.54) is 16.4 Å². The van der Waals surface area contributed by atoms with Gasteiger partial charge in [0.25, 0.3) is 0 Å². The van der Waals surface area contributed by atoms with Crippen LogP contribution in [0.2, 0.25) is 10.0 Å². The number of hydrogen-bond donors (Lipinski definition) is 0. The lowest BCUT2D eigenvalue weighted by molar-refractivity contribution is -0.132. The number of carbonyl (C=O) groups excluding carboxylic acids is 1. The molecule has 2 aromatic rings.